The van der Waals surface area contributed by atoms with Gasteiger partial charge in [0.2, 0.25) is 0 Å². The number of pyridine rings is 1. The fraction of sp³-hybridized carbons (Fsp3) is 0.583. The number of halogens is 3. The van der Waals surface area contributed by atoms with Crippen molar-refractivity contribution in [2.24, 2.45) is 11.7 Å². The Bertz CT molecular complexity index is 390. The molecule has 17 heavy (non-hydrogen) atoms. The Labute approximate surface area is 98.0 Å². The fourth-order valence-electron chi connectivity index (χ4n) is 2.35. The van der Waals surface area contributed by atoms with Crippen molar-refractivity contribution >= 4 is 0 Å². The Morgan fingerprint density at radius 1 is 1.35 bits per heavy atom. The second-order valence-corrected chi connectivity index (χ2v) is 4.59. The van der Waals surface area contributed by atoms with Crippen LogP contribution in [0, 0.1) is 5.92 Å². The zero-order valence-corrected chi connectivity index (χ0v) is 9.37. The van der Waals surface area contributed by atoms with E-state index in [1.165, 1.54) is 6.20 Å². The van der Waals surface area contributed by atoms with Crippen molar-refractivity contribution in [1.29, 1.82) is 0 Å². The summed E-state index contributed by atoms with van der Waals surface area (Å²) in [5.74, 6) is 0.269. The van der Waals surface area contributed by atoms with E-state index in [0.717, 1.165) is 31.4 Å². The van der Waals surface area contributed by atoms with Gasteiger partial charge in [0.25, 0.3) is 0 Å². The Morgan fingerprint density at radius 2 is 2.12 bits per heavy atom. The highest BCUT2D eigenvalue weighted by molar-refractivity contribution is 5.20. The molecule has 5 heteroatoms. The molecule has 0 unspecified atom stereocenters. The first-order valence-electron chi connectivity index (χ1n) is 5.74. The summed E-state index contributed by atoms with van der Waals surface area (Å²) < 4.78 is 37.5. The molecule has 0 bridgehead atoms. The zero-order chi connectivity index (χ0) is 12.5. The summed E-state index contributed by atoms with van der Waals surface area (Å²) in [5.41, 5.74) is 5.76. The quantitative estimate of drug-likeness (QED) is 0.868. The van der Waals surface area contributed by atoms with E-state index in [1.807, 2.05) is 0 Å². The van der Waals surface area contributed by atoms with Crippen LogP contribution in [0.3, 0.4) is 0 Å². The molecule has 2 rings (SSSR count). The van der Waals surface area contributed by atoms with Crippen molar-refractivity contribution in [3.05, 3.63) is 29.6 Å². The molecule has 0 spiro atoms. The average molecular weight is 244 g/mol. The Balaban J connectivity index is 2.11. The third kappa shape index (κ3) is 2.97. The van der Waals surface area contributed by atoms with Gasteiger partial charge in [-0.2, -0.15) is 13.2 Å². The average Bonchev–Trinajstić information content (AvgIpc) is 2.64. The summed E-state index contributed by atoms with van der Waals surface area (Å²) in [6.45, 7) is 0. The van der Waals surface area contributed by atoms with Gasteiger partial charge in [0, 0.05) is 17.9 Å². The first-order valence-corrected chi connectivity index (χ1v) is 5.74. The van der Waals surface area contributed by atoms with Gasteiger partial charge >= 0.3 is 6.18 Å². The second-order valence-electron chi connectivity index (χ2n) is 4.59. The SMILES string of the molecule is N[C@@H]1CCC[C@H]1Cc1cc(C(F)(F)F)ccn1. The molecule has 0 amide bonds. The lowest BCUT2D eigenvalue weighted by Crippen LogP contribution is -2.26. The second kappa shape index (κ2) is 4.64. The summed E-state index contributed by atoms with van der Waals surface area (Å²) >= 11 is 0. The molecular weight excluding hydrogens is 229 g/mol. The van der Waals surface area contributed by atoms with Crippen LogP contribution in [0.5, 0.6) is 0 Å². The van der Waals surface area contributed by atoms with E-state index in [4.69, 9.17) is 5.73 Å². The molecular formula is C12H15F3N2. The molecule has 2 atom stereocenters. The Morgan fingerprint density at radius 3 is 2.71 bits per heavy atom. The summed E-state index contributed by atoms with van der Waals surface area (Å²) in [6.07, 6.45) is 0.479. The molecule has 0 saturated heterocycles. The molecule has 0 aliphatic heterocycles. The number of aromatic nitrogens is 1. The maximum Gasteiger partial charge on any atom is 0.416 e. The van der Waals surface area contributed by atoms with Gasteiger partial charge in [-0.15, -0.1) is 0 Å². The van der Waals surface area contributed by atoms with Crippen LogP contribution in [0.15, 0.2) is 18.3 Å². The third-order valence-electron chi connectivity index (χ3n) is 3.33. The van der Waals surface area contributed by atoms with Crippen molar-refractivity contribution in [2.75, 3.05) is 0 Å². The highest BCUT2D eigenvalue weighted by Crippen LogP contribution is 2.31. The first kappa shape index (κ1) is 12.4. The molecule has 1 aliphatic rings. The molecule has 1 saturated carbocycles. The van der Waals surface area contributed by atoms with E-state index in [1.54, 1.807) is 0 Å². The fourth-order valence-corrected chi connectivity index (χ4v) is 2.35. The lowest BCUT2D eigenvalue weighted by molar-refractivity contribution is -0.137. The Hall–Kier alpha value is -1.10. The zero-order valence-electron chi connectivity index (χ0n) is 9.37. The summed E-state index contributed by atoms with van der Waals surface area (Å²) in [4.78, 5) is 4.00. The van der Waals surface area contributed by atoms with Gasteiger partial charge in [-0.05, 0) is 37.3 Å². The lowest BCUT2D eigenvalue weighted by atomic mass is 9.97. The number of alkyl halides is 3. The summed E-state index contributed by atoms with van der Waals surface area (Å²) in [6, 6.07) is 2.23. The third-order valence-corrected chi connectivity index (χ3v) is 3.33. The minimum atomic E-state index is -4.30. The van der Waals surface area contributed by atoms with E-state index >= 15 is 0 Å². The number of rotatable bonds is 2. The molecule has 1 heterocycles. The lowest BCUT2D eigenvalue weighted by Gasteiger charge is -2.15. The molecule has 1 aliphatic carbocycles. The van der Waals surface area contributed by atoms with Crippen LogP contribution in [0.4, 0.5) is 13.2 Å². The van der Waals surface area contributed by atoms with Crippen LogP contribution in [0.1, 0.15) is 30.5 Å². The molecule has 2 N–H and O–H groups in total. The van der Waals surface area contributed by atoms with E-state index in [0.29, 0.717) is 12.1 Å². The maximum absolute atomic E-state index is 12.5. The standard InChI is InChI=1S/C12H15F3N2/c13-12(14,15)9-4-5-17-10(7-9)6-8-2-1-3-11(8)16/h4-5,7-8,11H,1-3,6,16H2/t8-,11+/m0/s1. The highest BCUT2D eigenvalue weighted by Gasteiger charge is 2.31. The van der Waals surface area contributed by atoms with Crippen LogP contribution >= 0.6 is 0 Å². The number of hydrogen-bond donors (Lipinski definition) is 1. The van der Waals surface area contributed by atoms with E-state index < -0.39 is 11.7 Å². The topological polar surface area (TPSA) is 38.9 Å². The predicted molar refractivity (Wildman–Crippen MR) is 58.3 cm³/mol. The molecule has 2 nitrogen and oxygen atoms in total. The molecule has 1 fully saturated rings. The van der Waals surface area contributed by atoms with Gasteiger partial charge in [0.15, 0.2) is 0 Å². The van der Waals surface area contributed by atoms with E-state index in [9.17, 15) is 13.2 Å². The summed E-state index contributed by atoms with van der Waals surface area (Å²) in [5, 5.41) is 0. The van der Waals surface area contributed by atoms with Gasteiger partial charge in [-0.3, -0.25) is 4.98 Å². The minimum Gasteiger partial charge on any atom is -0.327 e. The monoisotopic (exact) mass is 244 g/mol. The number of nitrogens with zero attached hydrogens (tertiary/aromatic N) is 1. The van der Waals surface area contributed by atoms with Crippen LogP contribution in [0.2, 0.25) is 0 Å². The molecule has 1 aromatic heterocycles. The minimum absolute atomic E-state index is 0.103. The van der Waals surface area contributed by atoms with Crippen molar-refractivity contribution < 1.29 is 13.2 Å². The Kier molecular flexibility index (Phi) is 3.38. The maximum atomic E-state index is 12.5. The molecule has 0 radical (unpaired) electrons. The molecule has 94 valence electrons. The van der Waals surface area contributed by atoms with Crippen molar-refractivity contribution in [2.45, 2.75) is 37.9 Å². The van der Waals surface area contributed by atoms with Crippen molar-refractivity contribution in [1.82, 2.24) is 4.98 Å². The van der Waals surface area contributed by atoms with E-state index in [2.05, 4.69) is 4.98 Å². The van der Waals surface area contributed by atoms with Gasteiger partial charge in [-0.1, -0.05) is 6.42 Å². The van der Waals surface area contributed by atoms with Gasteiger partial charge in [0.1, 0.15) is 0 Å². The molecule has 0 aromatic carbocycles. The van der Waals surface area contributed by atoms with Crippen molar-refractivity contribution in [3.8, 4) is 0 Å². The molecule has 1 aromatic rings. The first-order chi connectivity index (χ1) is 7.97. The predicted octanol–water partition coefficient (Wildman–Crippen LogP) is 2.77. The van der Waals surface area contributed by atoms with Crippen LogP contribution in [-0.4, -0.2) is 11.0 Å². The van der Waals surface area contributed by atoms with Crippen LogP contribution in [-0.2, 0) is 12.6 Å². The summed E-state index contributed by atoms with van der Waals surface area (Å²) in [7, 11) is 0. The van der Waals surface area contributed by atoms with Crippen LogP contribution < -0.4 is 5.73 Å². The van der Waals surface area contributed by atoms with E-state index in [-0.39, 0.29) is 12.0 Å². The number of hydrogen-bond acceptors (Lipinski definition) is 2. The highest BCUT2D eigenvalue weighted by atomic mass is 19.4. The van der Waals surface area contributed by atoms with Gasteiger partial charge in [0.05, 0.1) is 5.56 Å². The number of nitrogens with two attached hydrogens (primary N) is 1. The largest absolute Gasteiger partial charge is 0.416 e. The van der Waals surface area contributed by atoms with Crippen molar-refractivity contribution in [3.63, 3.8) is 0 Å². The van der Waals surface area contributed by atoms with Gasteiger partial charge < -0.3 is 5.73 Å². The smallest absolute Gasteiger partial charge is 0.327 e. The van der Waals surface area contributed by atoms with Crippen LogP contribution in [0.25, 0.3) is 0 Å². The normalized spacial score (nSPS) is 25.2. The van der Waals surface area contributed by atoms with Gasteiger partial charge in [-0.25, -0.2) is 0 Å².